The second kappa shape index (κ2) is 11.3. The maximum atomic E-state index is 12.2. The molecule has 1 amide bonds. The molecule has 10 heteroatoms. The number of nitrogens with one attached hydrogen (secondary N) is 1. The lowest BCUT2D eigenvalue weighted by molar-refractivity contribution is -0.132. The Morgan fingerprint density at radius 2 is 1.91 bits per heavy atom. The quantitative estimate of drug-likeness (QED) is 0.169. The van der Waals surface area contributed by atoms with Crippen molar-refractivity contribution in [3.05, 3.63) is 53.6 Å². The summed E-state index contributed by atoms with van der Waals surface area (Å²) >= 11 is 1.29. The number of esters is 1. The maximum absolute atomic E-state index is 12.2. The first-order chi connectivity index (χ1) is 15.9. The zero-order chi connectivity index (χ0) is 23.8. The minimum atomic E-state index is -0.440. The van der Waals surface area contributed by atoms with Gasteiger partial charge in [-0.2, -0.15) is 5.10 Å². The van der Waals surface area contributed by atoms with Crippen LogP contribution in [0.3, 0.4) is 0 Å². The predicted octanol–water partition coefficient (Wildman–Crippen LogP) is 3.45. The minimum absolute atomic E-state index is 0.137. The molecule has 0 unspecified atom stereocenters. The Morgan fingerprint density at radius 3 is 2.58 bits per heavy atom. The second-order valence-corrected chi connectivity index (χ2v) is 7.94. The molecule has 3 rings (SSSR count). The number of nitrogens with zero attached hydrogens (tertiary/aromatic N) is 4. The summed E-state index contributed by atoms with van der Waals surface area (Å²) in [6, 6.07) is 13.0. The molecule has 0 radical (unpaired) electrons. The molecule has 2 aromatic carbocycles. The van der Waals surface area contributed by atoms with Gasteiger partial charge in [-0.1, -0.05) is 41.6 Å². The number of carbonyl (C=O) groups is 2. The first-order valence-electron chi connectivity index (χ1n) is 10.2. The fraction of sp³-hybridized carbons (Fsp3) is 0.261. The summed E-state index contributed by atoms with van der Waals surface area (Å²) in [5.41, 5.74) is 5.32. The van der Waals surface area contributed by atoms with Crippen LogP contribution in [0.4, 0.5) is 0 Å². The van der Waals surface area contributed by atoms with Crippen LogP contribution in [0.1, 0.15) is 25.0 Å². The van der Waals surface area contributed by atoms with Gasteiger partial charge in [-0.3, -0.25) is 9.59 Å². The van der Waals surface area contributed by atoms with E-state index in [0.717, 1.165) is 11.4 Å². The van der Waals surface area contributed by atoms with Gasteiger partial charge in [-0.05, 0) is 37.6 Å². The Morgan fingerprint density at radius 1 is 1.15 bits per heavy atom. The lowest BCUT2D eigenvalue weighted by Gasteiger charge is -2.08. The van der Waals surface area contributed by atoms with Gasteiger partial charge in [0.2, 0.25) is 0 Å². The number of carbonyl (C=O) groups excluding carboxylic acids is 2. The van der Waals surface area contributed by atoms with E-state index in [9.17, 15) is 9.59 Å². The molecule has 9 nitrogen and oxygen atoms in total. The van der Waals surface area contributed by atoms with Crippen molar-refractivity contribution in [1.82, 2.24) is 20.2 Å². The third-order valence-electron chi connectivity index (χ3n) is 4.52. The molecular formula is C23H25N5O4S. The molecule has 1 aromatic heterocycles. The topological polar surface area (TPSA) is 108 Å². The molecule has 0 aliphatic carbocycles. The highest BCUT2D eigenvalue weighted by Gasteiger charge is 2.14. The molecule has 0 aliphatic heterocycles. The van der Waals surface area contributed by atoms with E-state index in [2.05, 4.69) is 20.7 Å². The molecule has 172 valence electrons. The zero-order valence-electron chi connectivity index (χ0n) is 18.9. The van der Waals surface area contributed by atoms with Gasteiger partial charge in [0.1, 0.15) is 0 Å². The van der Waals surface area contributed by atoms with Crippen molar-refractivity contribution < 1.29 is 19.1 Å². The predicted molar refractivity (Wildman–Crippen MR) is 127 cm³/mol. The second-order valence-electron chi connectivity index (χ2n) is 7.00. The van der Waals surface area contributed by atoms with Crippen molar-refractivity contribution in [1.29, 1.82) is 0 Å². The number of hydrogen-bond donors (Lipinski definition) is 1. The molecule has 0 fully saturated rings. The van der Waals surface area contributed by atoms with E-state index in [1.807, 2.05) is 42.7 Å². The number of methoxy groups -OCH3 is 1. The summed E-state index contributed by atoms with van der Waals surface area (Å²) in [6.07, 6.45) is 1.48. The van der Waals surface area contributed by atoms with Gasteiger partial charge in [-0.25, -0.2) is 5.43 Å². The summed E-state index contributed by atoms with van der Waals surface area (Å²) in [4.78, 5) is 23.4. The van der Waals surface area contributed by atoms with Crippen LogP contribution in [0.2, 0.25) is 0 Å². The standard InChI is InChI=1S/C23H25N5O4S/c1-5-28-22(18-9-6-15(2)7-10-18)26-27-23(28)33-14-21(30)25-24-13-17-8-11-19(32-16(3)29)20(12-17)31-4/h6-13H,5,14H2,1-4H3,(H,25,30). The molecule has 0 saturated carbocycles. The first kappa shape index (κ1) is 24.0. The Bertz CT molecular complexity index is 1160. The number of thioether (sulfide) groups is 1. The molecule has 1 heterocycles. The van der Waals surface area contributed by atoms with Crippen LogP contribution in [0.15, 0.2) is 52.7 Å². The average Bonchev–Trinajstić information content (AvgIpc) is 3.21. The molecule has 3 aromatic rings. The first-order valence-corrected chi connectivity index (χ1v) is 11.2. The molecular weight excluding hydrogens is 442 g/mol. The third kappa shape index (κ3) is 6.42. The summed E-state index contributed by atoms with van der Waals surface area (Å²) in [5.74, 6) is 0.890. The van der Waals surface area contributed by atoms with Gasteiger partial charge >= 0.3 is 5.97 Å². The van der Waals surface area contributed by atoms with Gasteiger partial charge < -0.3 is 14.0 Å². The number of hydrazone groups is 1. The lowest BCUT2D eigenvalue weighted by Crippen LogP contribution is -2.20. The summed E-state index contributed by atoms with van der Waals surface area (Å²) in [5, 5.41) is 13.2. The van der Waals surface area contributed by atoms with Gasteiger partial charge in [-0.15, -0.1) is 10.2 Å². The van der Waals surface area contributed by atoms with Gasteiger partial charge in [0.15, 0.2) is 22.5 Å². The molecule has 0 bridgehead atoms. The maximum Gasteiger partial charge on any atom is 0.308 e. The van der Waals surface area contributed by atoms with E-state index < -0.39 is 5.97 Å². The Labute approximate surface area is 196 Å². The van der Waals surface area contributed by atoms with E-state index >= 15 is 0 Å². The summed E-state index contributed by atoms with van der Waals surface area (Å²) in [7, 11) is 1.47. The van der Waals surface area contributed by atoms with Crippen LogP contribution in [0, 0.1) is 6.92 Å². The zero-order valence-corrected chi connectivity index (χ0v) is 19.7. The van der Waals surface area contributed by atoms with Crippen LogP contribution in [0.25, 0.3) is 11.4 Å². The molecule has 0 spiro atoms. The Hall–Kier alpha value is -3.66. The summed E-state index contributed by atoms with van der Waals surface area (Å²) in [6.45, 7) is 6.04. The highest BCUT2D eigenvalue weighted by Crippen LogP contribution is 2.27. The fourth-order valence-electron chi connectivity index (χ4n) is 2.94. The van der Waals surface area contributed by atoms with E-state index in [0.29, 0.717) is 28.8 Å². The van der Waals surface area contributed by atoms with Crippen LogP contribution >= 0.6 is 11.8 Å². The van der Waals surface area contributed by atoms with E-state index in [-0.39, 0.29) is 11.7 Å². The van der Waals surface area contributed by atoms with Crippen molar-refractivity contribution in [3.63, 3.8) is 0 Å². The van der Waals surface area contributed by atoms with Gasteiger partial charge in [0.05, 0.1) is 19.1 Å². The number of hydrogen-bond acceptors (Lipinski definition) is 8. The molecule has 1 N–H and O–H groups in total. The highest BCUT2D eigenvalue weighted by molar-refractivity contribution is 7.99. The van der Waals surface area contributed by atoms with Gasteiger partial charge in [0.25, 0.3) is 5.91 Å². The van der Waals surface area contributed by atoms with Crippen molar-refractivity contribution in [2.45, 2.75) is 32.5 Å². The van der Waals surface area contributed by atoms with Crippen LogP contribution in [0.5, 0.6) is 11.5 Å². The van der Waals surface area contributed by atoms with Crippen LogP contribution in [-0.4, -0.2) is 45.7 Å². The number of rotatable bonds is 9. The van der Waals surface area contributed by atoms with E-state index in [1.165, 1.54) is 37.6 Å². The lowest BCUT2D eigenvalue weighted by atomic mass is 10.1. The molecule has 0 atom stereocenters. The number of benzene rings is 2. The van der Waals surface area contributed by atoms with Crippen LogP contribution in [-0.2, 0) is 16.1 Å². The largest absolute Gasteiger partial charge is 0.493 e. The fourth-order valence-corrected chi connectivity index (χ4v) is 3.74. The SMILES string of the molecule is CCn1c(SCC(=O)NN=Cc2ccc(OC(C)=O)c(OC)c2)nnc1-c1ccc(C)cc1. The number of aryl methyl sites for hydroxylation is 1. The summed E-state index contributed by atoms with van der Waals surface area (Å²) < 4.78 is 12.3. The number of amides is 1. The van der Waals surface area contributed by atoms with Crippen molar-refractivity contribution in [3.8, 4) is 22.9 Å². The van der Waals surface area contributed by atoms with Crippen LogP contribution < -0.4 is 14.9 Å². The molecule has 33 heavy (non-hydrogen) atoms. The minimum Gasteiger partial charge on any atom is -0.493 e. The Kier molecular flexibility index (Phi) is 8.20. The average molecular weight is 468 g/mol. The Balaban J connectivity index is 1.58. The van der Waals surface area contributed by atoms with Gasteiger partial charge in [0, 0.05) is 19.0 Å². The molecule has 0 saturated heterocycles. The smallest absolute Gasteiger partial charge is 0.308 e. The van der Waals surface area contributed by atoms with E-state index in [1.54, 1.807) is 18.2 Å². The van der Waals surface area contributed by atoms with Crippen molar-refractivity contribution in [2.75, 3.05) is 12.9 Å². The number of aromatic nitrogens is 3. The van der Waals surface area contributed by atoms with Crippen molar-refractivity contribution in [2.24, 2.45) is 5.10 Å². The monoisotopic (exact) mass is 467 g/mol. The highest BCUT2D eigenvalue weighted by atomic mass is 32.2. The normalized spacial score (nSPS) is 10.9. The van der Waals surface area contributed by atoms with Crippen molar-refractivity contribution >= 4 is 29.9 Å². The number of ether oxygens (including phenoxy) is 2. The van der Waals surface area contributed by atoms with E-state index in [4.69, 9.17) is 9.47 Å². The molecule has 0 aliphatic rings. The third-order valence-corrected chi connectivity index (χ3v) is 5.49.